The molecule has 2 aromatic rings. The van der Waals surface area contributed by atoms with Gasteiger partial charge in [-0.25, -0.2) is 0 Å². The Kier molecular flexibility index (Phi) is 10.2. The highest BCUT2D eigenvalue weighted by Crippen LogP contribution is 2.36. The molecule has 0 aliphatic rings. The monoisotopic (exact) mass is 541 g/mol. The molecule has 0 unspecified atom stereocenters. The van der Waals surface area contributed by atoms with Crippen molar-refractivity contribution in [1.82, 2.24) is 0 Å². The van der Waals surface area contributed by atoms with Crippen molar-refractivity contribution in [1.29, 1.82) is 0 Å². The lowest BCUT2D eigenvalue weighted by atomic mass is 9.76. The Morgan fingerprint density at radius 2 is 0.868 bits per heavy atom. The summed E-state index contributed by atoms with van der Waals surface area (Å²) in [7, 11) is -2.17. The van der Waals surface area contributed by atoms with Crippen LogP contribution in [0.25, 0.3) is 0 Å². The van der Waals surface area contributed by atoms with E-state index in [-0.39, 0.29) is 21.7 Å². The predicted molar refractivity (Wildman–Crippen MR) is 164 cm³/mol. The van der Waals surface area contributed by atoms with Crippen molar-refractivity contribution in [2.45, 2.75) is 131 Å². The first kappa shape index (κ1) is 32.7. The minimum absolute atomic E-state index is 0.0191. The summed E-state index contributed by atoms with van der Waals surface area (Å²) >= 11 is 0. The second-order valence-electron chi connectivity index (χ2n) is 15.0. The Morgan fingerprint density at radius 3 is 1.13 bits per heavy atom. The molecule has 4 heteroatoms. The third-order valence-electron chi connectivity index (χ3n) is 7.39. The molecule has 0 spiro atoms. The Hall–Kier alpha value is -1.54. The first-order valence-corrected chi connectivity index (χ1v) is 15.2. The molecule has 0 atom stereocenters. The van der Waals surface area contributed by atoms with Gasteiger partial charge in [0.15, 0.2) is 0 Å². The van der Waals surface area contributed by atoms with E-state index in [1.54, 1.807) is 0 Å². The van der Waals surface area contributed by atoms with Crippen molar-refractivity contribution in [3.05, 3.63) is 68.8 Å². The zero-order valence-electron chi connectivity index (χ0n) is 26.8. The number of rotatable bonds is 8. The van der Waals surface area contributed by atoms with Gasteiger partial charge in [-0.1, -0.05) is 107 Å². The van der Waals surface area contributed by atoms with Crippen LogP contribution in [0.5, 0.6) is 0 Å². The van der Waals surface area contributed by atoms with Gasteiger partial charge in [0, 0.05) is 17.4 Å². The number of aryl methyl sites for hydroxylation is 2. The topological polar surface area (TPSA) is 35.5 Å². The van der Waals surface area contributed by atoms with Crippen LogP contribution in [0.4, 0.5) is 0 Å². The van der Waals surface area contributed by atoms with Gasteiger partial charge in [-0.15, -0.1) is 9.05 Å². The van der Waals surface area contributed by atoms with Gasteiger partial charge in [0.2, 0.25) is 0 Å². The highest BCUT2D eigenvalue weighted by Gasteiger charge is 2.27. The summed E-state index contributed by atoms with van der Waals surface area (Å²) in [5.74, 6) is 0. The molecule has 0 aliphatic heterocycles. The molecule has 0 amide bonds. The molecule has 2 rings (SSSR count). The van der Waals surface area contributed by atoms with Gasteiger partial charge in [-0.05, 0) is 80.0 Å². The molecule has 0 radical (unpaired) electrons. The maximum absolute atomic E-state index is 12.6. The van der Waals surface area contributed by atoms with Crippen LogP contribution >= 0.6 is 8.25 Å². The molecule has 212 valence electrons. The molecule has 0 fully saturated rings. The van der Waals surface area contributed by atoms with Crippen LogP contribution in [0.2, 0.25) is 0 Å². The second-order valence-corrected chi connectivity index (χ2v) is 16.0. The van der Waals surface area contributed by atoms with Crippen LogP contribution < -0.4 is 0 Å². The standard InChI is InChI=1S/C34H54O3P/c1-23-19-25(31(3,4)5)21-29(33(9,10)11)27(23)15-17-36-38(35)37-18-16-28-24(2)20-26(32(6,7)8)22-30(28)34(12,13)14/h19-22H,15-18H2,1-14H3/q+1. The first-order chi connectivity index (χ1) is 17.1. The minimum atomic E-state index is -2.17. The lowest BCUT2D eigenvalue weighted by Gasteiger charge is -2.29. The highest BCUT2D eigenvalue weighted by atomic mass is 31.1. The SMILES string of the molecule is Cc1cc(C(C)(C)C)cc(C(C)(C)C)c1CCO[P+](=O)OCCc1c(C)cc(C(C)(C)C)cc1C(C)(C)C. The number of hydrogen-bond donors (Lipinski definition) is 0. The molecule has 0 saturated carbocycles. The summed E-state index contributed by atoms with van der Waals surface area (Å²) < 4.78 is 24.0. The zero-order chi connectivity index (χ0) is 29.3. The molecule has 0 aliphatic carbocycles. The van der Waals surface area contributed by atoms with Crippen LogP contribution in [0, 0.1) is 13.8 Å². The van der Waals surface area contributed by atoms with Gasteiger partial charge >= 0.3 is 8.25 Å². The van der Waals surface area contributed by atoms with Crippen LogP contribution in [0.1, 0.15) is 128 Å². The van der Waals surface area contributed by atoms with Gasteiger partial charge in [0.05, 0.1) is 0 Å². The Balaban J connectivity index is 2.07. The third kappa shape index (κ3) is 8.73. The van der Waals surface area contributed by atoms with E-state index in [2.05, 4.69) is 121 Å². The van der Waals surface area contributed by atoms with E-state index in [0.717, 1.165) is 12.8 Å². The first-order valence-electron chi connectivity index (χ1n) is 14.1. The average molecular weight is 542 g/mol. The van der Waals surface area contributed by atoms with E-state index in [1.165, 1.54) is 44.5 Å². The molecule has 0 aromatic heterocycles. The van der Waals surface area contributed by atoms with Crippen molar-refractivity contribution < 1.29 is 13.6 Å². The van der Waals surface area contributed by atoms with Gasteiger partial charge in [-0.2, -0.15) is 0 Å². The summed E-state index contributed by atoms with van der Waals surface area (Å²) in [6, 6.07) is 9.28. The molecule has 2 aromatic carbocycles. The Bertz CT molecular complexity index is 1040. The van der Waals surface area contributed by atoms with Crippen molar-refractivity contribution in [2.24, 2.45) is 0 Å². The van der Waals surface area contributed by atoms with Gasteiger partial charge in [0.25, 0.3) is 0 Å². The van der Waals surface area contributed by atoms with Crippen LogP contribution in [-0.4, -0.2) is 13.2 Å². The average Bonchev–Trinajstić information content (AvgIpc) is 2.72. The Labute approximate surface area is 235 Å². The van der Waals surface area contributed by atoms with Gasteiger partial charge in [0.1, 0.15) is 13.2 Å². The summed E-state index contributed by atoms with van der Waals surface area (Å²) in [5, 5.41) is 0. The maximum atomic E-state index is 12.6. The molecule has 3 nitrogen and oxygen atoms in total. The summed E-state index contributed by atoms with van der Waals surface area (Å²) in [4.78, 5) is 0. The maximum Gasteiger partial charge on any atom is 0.697 e. The van der Waals surface area contributed by atoms with Crippen molar-refractivity contribution in [2.75, 3.05) is 13.2 Å². The van der Waals surface area contributed by atoms with Crippen molar-refractivity contribution >= 4 is 8.25 Å². The van der Waals surface area contributed by atoms with Crippen LogP contribution in [-0.2, 0) is 48.1 Å². The smallest absolute Gasteiger partial charge is 0.119 e. The number of hydrogen-bond acceptors (Lipinski definition) is 3. The molecule has 0 N–H and O–H groups in total. The zero-order valence-corrected chi connectivity index (χ0v) is 27.7. The largest absolute Gasteiger partial charge is 0.697 e. The van der Waals surface area contributed by atoms with E-state index in [0.29, 0.717) is 13.2 Å². The third-order valence-corrected chi connectivity index (χ3v) is 8.18. The second kappa shape index (κ2) is 11.9. The lowest BCUT2D eigenvalue weighted by Crippen LogP contribution is -2.20. The van der Waals surface area contributed by atoms with E-state index >= 15 is 0 Å². The van der Waals surface area contributed by atoms with Crippen LogP contribution in [0.3, 0.4) is 0 Å². The molecule has 38 heavy (non-hydrogen) atoms. The van der Waals surface area contributed by atoms with E-state index in [1.807, 2.05) is 0 Å². The van der Waals surface area contributed by atoms with Crippen LogP contribution in [0.15, 0.2) is 24.3 Å². The highest BCUT2D eigenvalue weighted by molar-refractivity contribution is 7.33. The van der Waals surface area contributed by atoms with E-state index in [4.69, 9.17) is 9.05 Å². The fraction of sp³-hybridized carbons (Fsp3) is 0.647. The molecule has 0 bridgehead atoms. The molecular weight excluding hydrogens is 487 g/mol. The molecular formula is C34H54O3P+. The number of benzene rings is 2. The quantitative estimate of drug-likeness (QED) is 0.312. The summed E-state index contributed by atoms with van der Waals surface area (Å²) in [6.07, 6.45) is 1.43. The Morgan fingerprint density at radius 1 is 0.553 bits per heavy atom. The minimum Gasteiger partial charge on any atom is -0.119 e. The van der Waals surface area contributed by atoms with E-state index in [9.17, 15) is 4.57 Å². The van der Waals surface area contributed by atoms with Gasteiger partial charge in [-0.3, -0.25) is 0 Å². The fourth-order valence-electron chi connectivity index (χ4n) is 4.98. The fourth-order valence-corrected chi connectivity index (χ4v) is 5.54. The normalized spacial score (nSPS) is 13.2. The molecule has 0 saturated heterocycles. The predicted octanol–water partition coefficient (Wildman–Crippen LogP) is 9.97. The summed E-state index contributed by atoms with van der Waals surface area (Å²) in [5.41, 5.74) is 10.7. The van der Waals surface area contributed by atoms with E-state index < -0.39 is 8.25 Å². The molecule has 0 heterocycles. The van der Waals surface area contributed by atoms with Crippen molar-refractivity contribution in [3.63, 3.8) is 0 Å². The summed E-state index contributed by atoms with van der Waals surface area (Å²) in [6.45, 7) is 32.2. The lowest BCUT2D eigenvalue weighted by molar-refractivity contribution is 0.229. The van der Waals surface area contributed by atoms with Gasteiger partial charge < -0.3 is 0 Å². The van der Waals surface area contributed by atoms with Crippen molar-refractivity contribution in [3.8, 4) is 0 Å².